The lowest BCUT2D eigenvalue weighted by Crippen LogP contribution is -2.43. The predicted octanol–water partition coefficient (Wildman–Crippen LogP) is 1.43. The summed E-state index contributed by atoms with van der Waals surface area (Å²) in [7, 11) is 4.10. The molecule has 1 rings (SSSR count). The maximum Gasteiger partial charge on any atom is 0.500 e. The average Bonchev–Trinajstić information content (AvgIpc) is 2.41. The minimum absolute atomic E-state index is 0.00414. The lowest BCUT2D eigenvalue weighted by Gasteiger charge is -2.33. The van der Waals surface area contributed by atoms with Gasteiger partial charge in [0, 0.05) is 34.5 Å². The number of hydrogen-bond donors (Lipinski definition) is 1. The van der Waals surface area contributed by atoms with E-state index >= 15 is 0 Å². The lowest BCUT2D eigenvalue weighted by molar-refractivity contribution is -0.0505. The zero-order chi connectivity index (χ0) is 13.6. The van der Waals surface area contributed by atoms with Gasteiger partial charge >= 0.3 is 8.80 Å². The molecule has 5 nitrogen and oxygen atoms in total. The molecule has 0 bridgehead atoms. The Morgan fingerprint density at radius 1 is 1.06 bits per heavy atom. The Kier molecular flexibility index (Phi) is 6.76. The van der Waals surface area contributed by atoms with Gasteiger partial charge in [0.1, 0.15) is 0 Å². The first-order chi connectivity index (χ1) is 8.60. The molecule has 1 saturated carbocycles. The van der Waals surface area contributed by atoms with Crippen molar-refractivity contribution < 1.29 is 23.1 Å². The van der Waals surface area contributed by atoms with E-state index in [1.54, 1.807) is 28.4 Å². The van der Waals surface area contributed by atoms with E-state index in [0.717, 1.165) is 31.7 Å². The van der Waals surface area contributed by atoms with E-state index in [-0.39, 0.29) is 12.2 Å². The Hall–Kier alpha value is 0.0169. The van der Waals surface area contributed by atoms with Gasteiger partial charge in [0.25, 0.3) is 0 Å². The molecule has 6 heteroatoms. The van der Waals surface area contributed by atoms with Crippen molar-refractivity contribution in [1.82, 2.24) is 0 Å². The third-order valence-corrected chi connectivity index (χ3v) is 6.73. The first-order valence-corrected chi connectivity index (χ1v) is 8.40. The van der Waals surface area contributed by atoms with Crippen LogP contribution in [0.15, 0.2) is 0 Å². The molecule has 1 fully saturated rings. The number of aliphatic hydroxyl groups excluding tert-OH is 1. The van der Waals surface area contributed by atoms with Crippen molar-refractivity contribution in [2.75, 3.05) is 28.4 Å². The molecule has 0 aliphatic heterocycles. The largest absolute Gasteiger partial charge is 0.500 e. The second-order valence-corrected chi connectivity index (χ2v) is 7.95. The van der Waals surface area contributed by atoms with Crippen LogP contribution in [0.3, 0.4) is 0 Å². The van der Waals surface area contributed by atoms with Crippen LogP contribution in [0.2, 0.25) is 6.04 Å². The number of hydrogen-bond acceptors (Lipinski definition) is 5. The quantitative estimate of drug-likeness (QED) is 0.714. The fraction of sp³-hybridized carbons (Fsp3) is 1.00. The van der Waals surface area contributed by atoms with Crippen molar-refractivity contribution in [3.8, 4) is 0 Å². The summed E-state index contributed by atoms with van der Waals surface area (Å²) in [5.74, 6) is 0.499. The van der Waals surface area contributed by atoms with Crippen LogP contribution in [0, 0.1) is 5.92 Å². The monoisotopic (exact) mass is 278 g/mol. The normalized spacial score (nSPS) is 29.5. The SMILES string of the molecule is COC1CCC(CC[Si](OC)(OC)OC)CC1O. The van der Waals surface area contributed by atoms with Gasteiger partial charge in [0.2, 0.25) is 0 Å². The van der Waals surface area contributed by atoms with Crippen LogP contribution in [0.1, 0.15) is 25.7 Å². The maximum absolute atomic E-state index is 9.93. The molecule has 18 heavy (non-hydrogen) atoms. The van der Waals surface area contributed by atoms with Gasteiger partial charge in [-0.3, -0.25) is 0 Å². The van der Waals surface area contributed by atoms with E-state index in [0.29, 0.717) is 5.92 Å². The van der Waals surface area contributed by atoms with Crippen LogP contribution >= 0.6 is 0 Å². The van der Waals surface area contributed by atoms with Gasteiger partial charge in [-0.2, -0.15) is 0 Å². The van der Waals surface area contributed by atoms with Crippen molar-refractivity contribution in [1.29, 1.82) is 0 Å². The minimum Gasteiger partial charge on any atom is -0.390 e. The van der Waals surface area contributed by atoms with E-state index in [1.807, 2.05) is 0 Å². The summed E-state index contributed by atoms with van der Waals surface area (Å²) in [5.41, 5.74) is 0. The van der Waals surface area contributed by atoms with Crippen molar-refractivity contribution in [3.05, 3.63) is 0 Å². The second-order valence-electron chi connectivity index (χ2n) is 4.85. The molecule has 3 atom stereocenters. The van der Waals surface area contributed by atoms with E-state index in [4.69, 9.17) is 18.0 Å². The van der Waals surface area contributed by atoms with Gasteiger partial charge in [0.15, 0.2) is 0 Å². The van der Waals surface area contributed by atoms with Gasteiger partial charge in [-0.05, 0) is 31.6 Å². The fourth-order valence-corrected chi connectivity index (χ4v) is 4.55. The Balaban J connectivity index is 2.40. The molecule has 0 spiro atoms. The summed E-state index contributed by atoms with van der Waals surface area (Å²) in [5, 5.41) is 9.93. The van der Waals surface area contributed by atoms with Crippen molar-refractivity contribution in [3.63, 3.8) is 0 Å². The van der Waals surface area contributed by atoms with Gasteiger partial charge in [-0.15, -0.1) is 0 Å². The summed E-state index contributed by atoms with van der Waals surface area (Å²) < 4.78 is 21.5. The van der Waals surface area contributed by atoms with Crippen LogP contribution in [0.25, 0.3) is 0 Å². The Morgan fingerprint density at radius 3 is 2.11 bits per heavy atom. The average molecular weight is 278 g/mol. The highest BCUT2D eigenvalue weighted by Crippen LogP contribution is 2.31. The molecule has 0 aromatic heterocycles. The first kappa shape index (κ1) is 16.1. The van der Waals surface area contributed by atoms with Gasteiger partial charge in [-0.1, -0.05) is 0 Å². The molecular weight excluding hydrogens is 252 g/mol. The van der Waals surface area contributed by atoms with Crippen LogP contribution in [0.5, 0.6) is 0 Å². The molecule has 108 valence electrons. The maximum atomic E-state index is 9.93. The molecule has 0 saturated heterocycles. The van der Waals surface area contributed by atoms with E-state index < -0.39 is 8.80 Å². The molecule has 1 aliphatic rings. The summed E-state index contributed by atoms with van der Waals surface area (Å²) in [6, 6.07) is 0.797. The summed E-state index contributed by atoms with van der Waals surface area (Å²) in [6.45, 7) is 0. The standard InChI is InChI=1S/C12H26O5Si/c1-14-12-6-5-10(9-11(12)13)7-8-18(15-2,16-3)17-4/h10-13H,5-9H2,1-4H3. The Bertz CT molecular complexity index is 226. The second kappa shape index (κ2) is 7.57. The van der Waals surface area contributed by atoms with Gasteiger partial charge in [0.05, 0.1) is 12.2 Å². The molecule has 1 N–H and O–H groups in total. The van der Waals surface area contributed by atoms with Crippen LogP contribution in [-0.4, -0.2) is 54.6 Å². The zero-order valence-corrected chi connectivity index (χ0v) is 12.8. The fourth-order valence-electron chi connectivity index (χ4n) is 2.68. The highest BCUT2D eigenvalue weighted by molar-refractivity contribution is 6.60. The summed E-state index contributed by atoms with van der Waals surface area (Å²) in [6.07, 6.45) is 3.41. The van der Waals surface area contributed by atoms with Crippen LogP contribution in [-0.2, 0) is 18.0 Å². The summed E-state index contributed by atoms with van der Waals surface area (Å²) in [4.78, 5) is 0. The minimum atomic E-state index is -2.46. The lowest BCUT2D eigenvalue weighted by atomic mass is 9.84. The number of methoxy groups -OCH3 is 1. The van der Waals surface area contributed by atoms with Crippen molar-refractivity contribution in [2.24, 2.45) is 5.92 Å². The number of aliphatic hydroxyl groups is 1. The molecule has 0 radical (unpaired) electrons. The number of rotatable bonds is 7. The highest BCUT2D eigenvalue weighted by atomic mass is 28.4. The van der Waals surface area contributed by atoms with Crippen LogP contribution < -0.4 is 0 Å². The molecule has 0 heterocycles. The molecule has 1 aliphatic carbocycles. The van der Waals surface area contributed by atoms with E-state index in [1.165, 1.54) is 0 Å². The zero-order valence-electron chi connectivity index (χ0n) is 11.8. The van der Waals surface area contributed by atoms with E-state index in [2.05, 4.69) is 0 Å². The third-order valence-electron chi connectivity index (χ3n) is 3.96. The highest BCUT2D eigenvalue weighted by Gasteiger charge is 2.39. The smallest absolute Gasteiger partial charge is 0.390 e. The first-order valence-electron chi connectivity index (χ1n) is 6.47. The number of ether oxygens (including phenoxy) is 1. The Morgan fingerprint density at radius 2 is 1.67 bits per heavy atom. The topological polar surface area (TPSA) is 57.2 Å². The van der Waals surface area contributed by atoms with Crippen molar-refractivity contribution in [2.45, 2.75) is 43.9 Å². The van der Waals surface area contributed by atoms with E-state index in [9.17, 15) is 5.11 Å². The van der Waals surface area contributed by atoms with Gasteiger partial charge < -0.3 is 23.1 Å². The summed E-state index contributed by atoms with van der Waals surface area (Å²) >= 11 is 0. The molecule has 0 amide bonds. The Labute approximate surface area is 111 Å². The van der Waals surface area contributed by atoms with Gasteiger partial charge in [-0.25, -0.2) is 0 Å². The molecular formula is C12H26O5Si. The third kappa shape index (κ3) is 4.01. The van der Waals surface area contributed by atoms with Crippen molar-refractivity contribution >= 4 is 8.80 Å². The molecule has 3 unspecified atom stereocenters. The molecule has 0 aromatic rings. The van der Waals surface area contributed by atoms with Crippen LogP contribution in [0.4, 0.5) is 0 Å². The molecule has 0 aromatic carbocycles. The predicted molar refractivity (Wildman–Crippen MR) is 70.3 cm³/mol.